The number of nitrogens with two attached hydrogens (primary N) is 1. The number of hydrogen-bond acceptors (Lipinski definition) is 3. The Morgan fingerprint density at radius 3 is 2.36 bits per heavy atom. The van der Waals surface area contributed by atoms with Crippen LogP contribution in [-0.2, 0) is 16.0 Å². The van der Waals surface area contributed by atoms with E-state index >= 15 is 0 Å². The van der Waals surface area contributed by atoms with Crippen molar-refractivity contribution < 1.29 is 9.59 Å². The molecule has 0 bridgehead atoms. The molecule has 0 fully saturated rings. The van der Waals surface area contributed by atoms with Gasteiger partial charge in [-0.05, 0) is 45.2 Å². The van der Waals surface area contributed by atoms with Gasteiger partial charge in [0.25, 0.3) is 0 Å². The highest BCUT2D eigenvalue weighted by molar-refractivity contribution is 5.80. The third kappa shape index (κ3) is 6.26. The fourth-order valence-corrected chi connectivity index (χ4v) is 2.35. The Labute approximate surface area is 132 Å². The van der Waals surface area contributed by atoms with E-state index in [1.165, 1.54) is 11.1 Å². The van der Waals surface area contributed by atoms with Gasteiger partial charge < -0.3 is 11.1 Å². The van der Waals surface area contributed by atoms with Crippen molar-refractivity contribution in [3.05, 3.63) is 35.4 Å². The zero-order valence-corrected chi connectivity index (χ0v) is 13.9. The molecule has 0 spiro atoms. The van der Waals surface area contributed by atoms with Crippen molar-refractivity contribution in [2.45, 2.75) is 46.2 Å². The maximum Gasteiger partial charge on any atom is 0.234 e. The minimum Gasteiger partial charge on any atom is -0.369 e. The van der Waals surface area contributed by atoms with Crippen LogP contribution in [0, 0.1) is 6.92 Å². The van der Waals surface area contributed by atoms with E-state index in [0.717, 1.165) is 6.42 Å². The zero-order chi connectivity index (χ0) is 16.7. The van der Waals surface area contributed by atoms with E-state index in [-0.39, 0.29) is 31.1 Å². The Morgan fingerprint density at radius 1 is 1.18 bits per heavy atom. The van der Waals surface area contributed by atoms with Gasteiger partial charge in [-0.3, -0.25) is 14.5 Å². The van der Waals surface area contributed by atoms with Crippen LogP contribution in [0.25, 0.3) is 0 Å². The molecule has 1 aromatic carbocycles. The molecule has 0 unspecified atom stereocenters. The fourth-order valence-electron chi connectivity index (χ4n) is 2.35. The van der Waals surface area contributed by atoms with Crippen molar-refractivity contribution in [3.8, 4) is 0 Å². The summed E-state index contributed by atoms with van der Waals surface area (Å²) in [6.45, 7) is 8.20. The minimum absolute atomic E-state index is 0.0381. The summed E-state index contributed by atoms with van der Waals surface area (Å²) in [5, 5.41) is 2.98. The fraction of sp³-hybridized carbons (Fsp3) is 0.529. The largest absolute Gasteiger partial charge is 0.369 e. The highest BCUT2D eigenvalue weighted by atomic mass is 16.2. The van der Waals surface area contributed by atoms with Crippen LogP contribution in [0.2, 0.25) is 0 Å². The predicted molar refractivity (Wildman–Crippen MR) is 88.4 cm³/mol. The molecule has 0 aliphatic heterocycles. The summed E-state index contributed by atoms with van der Waals surface area (Å²) >= 11 is 0. The molecule has 0 aromatic heterocycles. The number of aryl methyl sites for hydroxylation is 1. The SMILES string of the molecule is Cc1ccccc1C[C@@H](C)NC(=O)CN(CC(N)=O)C(C)C. The lowest BCUT2D eigenvalue weighted by Gasteiger charge is -2.25. The van der Waals surface area contributed by atoms with Gasteiger partial charge in [0.05, 0.1) is 13.1 Å². The third-order valence-corrected chi connectivity index (χ3v) is 3.63. The first-order valence-electron chi connectivity index (χ1n) is 7.65. The van der Waals surface area contributed by atoms with Crippen molar-refractivity contribution in [1.29, 1.82) is 0 Å². The van der Waals surface area contributed by atoms with Gasteiger partial charge in [0.2, 0.25) is 11.8 Å². The Hall–Kier alpha value is -1.88. The number of amides is 2. The standard InChI is InChI=1S/C17H27N3O2/c1-12(2)20(10-16(18)21)11-17(22)19-14(4)9-15-8-6-5-7-13(15)3/h5-8,12,14H,9-11H2,1-4H3,(H2,18,21)(H,19,22)/t14-/m1/s1. The summed E-state index contributed by atoms with van der Waals surface area (Å²) in [5.74, 6) is -0.509. The molecule has 0 aliphatic rings. The van der Waals surface area contributed by atoms with Crippen LogP contribution in [0.4, 0.5) is 0 Å². The molecule has 122 valence electrons. The van der Waals surface area contributed by atoms with Crippen molar-refractivity contribution in [2.75, 3.05) is 13.1 Å². The molecular formula is C17H27N3O2. The average molecular weight is 305 g/mol. The molecule has 0 saturated heterocycles. The normalized spacial score (nSPS) is 12.5. The lowest BCUT2D eigenvalue weighted by molar-refractivity contribution is -0.125. The molecule has 0 heterocycles. The number of benzene rings is 1. The Kier molecular flexibility index (Phi) is 7.05. The molecule has 1 rings (SSSR count). The molecule has 5 heteroatoms. The first-order chi connectivity index (χ1) is 10.3. The third-order valence-electron chi connectivity index (χ3n) is 3.63. The van der Waals surface area contributed by atoms with Crippen LogP contribution in [0.15, 0.2) is 24.3 Å². The van der Waals surface area contributed by atoms with Crippen LogP contribution >= 0.6 is 0 Å². The Balaban J connectivity index is 2.53. The van der Waals surface area contributed by atoms with E-state index in [1.54, 1.807) is 4.90 Å². The molecule has 0 radical (unpaired) electrons. The lowest BCUT2D eigenvalue weighted by Crippen LogP contribution is -2.46. The van der Waals surface area contributed by atoms with Gasteiger partial charge in [-0.2, -0.15) is 0 Å². The van der Waals surface area contributed by atoms with Crippen LogP contribution in [0.5, 0.6) is 0 Å². The number of hydrogen-bond donors (Lipinski definition) is 2. The number of rotatable bonds is 8. The first-order valence-corrected chi connectivity index (χ1v) is 7.65. The van der Waals surface area contributed by atoms with Gasteiger partial charge in [-0.15, -0.1) is 0 Å². The summed E-state index contributed by atoms with van der Waals surface area (Å²) in [6.07, 6.45) is 0.788. The van der Waals surface area contributed by atoms with Crippen molar-refractivity contribution in [1.82, 2.24) is 10.2 Å². The van der Waals surface area contributed by atoms with Crippen LogP contribution in [0.3, 0.4) is 0 Å². The summed E-state index contributed by atoms with van der Waals surface area (Å²) in [7, 11) is 0. The van der Waals surface area contributed by atoms with Crippen LogP contribution < -0.4 is 11.1 Å². The van der Waals surface area contributed by atoms with Crippen molar-refractivity contribution in [3.63, 3.8) is 0 Å². The molecule has 0 aliphatic carbocycles. The van der Waals surface area contributed by atoms with E-state index in [2.05, 4.69) is 24.4 Å². The molecule has 3 N–H and O–H groups in total. The molecule has 1 atom stereocenters. The molecule has 1 aromatic rings. The monoisotopic (exact) mass is 305 g/mol. The maximum absolute atomic E-state index is 12.1. The number of carbonyl (C=O) groups is 2. The average Bonchev–Trinajstić information content (AvgIpc) is 2.39. The van der Waals surface area contributed by atoms with Gasteiger partial charge in [0.15, 0.2) is 0 Å². The predicted octanol–water partition coefficient (Wildman–Crippen LogP) is 1.24. The smallest absolute Gasteiger partial charge is 0.234 e. The Bertz CT molecular complexity index is 514. The molecule has 0 saturated carbocycles. The minimum atomic E-state index is -0.422. The Morgan fingerprint density at radius 2 is 1.82 bits per heavy atom. The van der Waals surface area contributed by atoms with Crippen molar-refractivity contribution in [2.24, 2.45) is 5.73 Å². The lowest BCUT2D eigenvalue weighted by atomic mass is 10.0. The van der Waals surface area contributed by atoms with Crippen molar-refractivity contribution >= 4 is 11.8 Å². The number of carbonyl (C=O) groups excluding carboxylic acids is 2. The number of nitrogens with zero attached hydrogens (tertiary/aromatic N) is 1. The van der Waals surface area contributed by atoms with Gasteiger partial charge in [-0.25, -0.2) is 0 Å². The summed E-state index contributed by atoms with van der Waals surface area (Å²) < 4.78 is 0. The van der Waals surface area contributed by atoms with Crippen LogP contribution in [-0.4, -0.2) is 41.9 Å². The van der Waals surface area contributed by atoms with E-state index in [0.29, 0.717) is 0 Å². The topological polar surface area (TPSA) is 75.4 Å². The second-order valence-electron chi connectivity index (χ2n) is 6.06. The van der Waals surface area contributed by atoms with Gasteiger partial charge >= 0.3 is 0 Å². The van der Waals surface area contributed by atoms with E-state index < -0.39 is 5.91 Å². The second-order valence-corrected chi connectivity index (χ2v) is 6.06. The van der Waals surface area contributed by atoms with Gasteiger partial charge in [0.1, 0.15) is 0 Å². The molecule has 5 nitrogen and oxygen atoms in total. The molecule has 22 heavy (non-hydrogen) atoms. The summed E-state index contributed by atoms with van der Waals surface area (Å²) in [4.78, 5) is 24.9. The number of nitrogens with one attached hydrogen (secondary N) is 1. The van der Waals surface area contributed by atoms with Gasteiger partial charge in [-0.1, -0.05) is 24.3 Å². The highest BCUT2D eigenvalue weighted by Crippen LogP contribution is 2.09. The molecule has 2 amide bonds. The van der Waals surface area contributed by atoms with E-state index in [4.69, 9.17) is 5.73 Å². The summed E-state index contributed by atoms with van der Waals surface area (Å²) in [6, 6.07) is 8.28. The van der Waals surface area contributed by atoms with E-state index in [1.807, 2.05) is 32.9 Å². The second kappa shape index (κ2) is 8.54. The highest BCUT2D eigenvalue weighted by Gasteiger charge is 2.17. The zero-order valence-electron chi connectivity index (χ0n) is 13.9. The van der Waals surface area contributed by atoms with E-state index in [9.17, 15) is 9.59 Å². The first kappa shape index (κ1) is 18.2. The quantitative estimate of drug-likeness (QED) is 0.758. The maximum atomic E-state index is 12.1. The van der Waals surface area contributed by atoms with Gasteiger partial charge in [0, 0.05) is 12.1 Å². The summed E-state index contributed by atoms with van der Waals surface area (Å²) in [5.41, 5.74) is 7.67. The van der Waals surface area contributed by atoms with Crippen LogP contribution in [0.1, 0.15) is 31.9 Å². The molecular weight excluding hydrogens is 278 g/mol. The number of primary amides is 1.